The van der Waals surface area contributed by atoms with E-state index in [2.05, 4.69) is 20.3 Å². The van der Waals surface area contributed by atoms with Crippen molar-refractivity contribution in [2.75, 3.05) is 20.3 Å². The minimum atomic E-state index is -0.829. The molecular weight excluding hydrogens is 504 g/mol. The molecule has 37 heavy (non-hydrogen) atoms. The van der Waals surface area contributed by atoms with E-state index in [-0.39, 0.29) is 47.0 Å². The van der Waals surface area contributed by atoms with Gasteiger partial charge in [-0.05, 0) is 12.8 Å². The molecule has 4 rings (SSSR count). The van der Waals surface area contributed by atoms with Crippen LogP contribution in [0.5, 0.6) is 5.75 Å². The number of alkyl carbamates (subject to hydrolysis) is 1. The van der Waals surface area contributed by atoms with Gasteiger partial charge >= 0.3 is 6.09 Å². The number of nitrogens with zero attached hydrogens (tertiary/aromatic N) is 4. The maximum Gasteiger partial charge on any atom is 0.406 e. The Kier molecular flexibility index (Phi) is 9.16. The Morgan fingerprint density at radius 1 is 1.05 bits per heavy atom. The molecule has 0 bridgehead atoms. The van der Waals surface area contributed by atoms with E-state index in [9.17, 15) is 4.79 Å². The molecule has 1 amide bonds. The summed E-state index contributed by atoms with van der Waals surface area (Å²) in [6.07, 6.45) is 10.2. The summed E-state index contributed by atoms with van der Waals surface area (Å²) < 4.78 is 41.2. The van der Waals surface area contributed by atoms with E-state index < -0.39 is 17.7 Å². The van der Waals surface area contributed by atoms with Gasteiger partial charge in [-0.25, -0.2) is 28.5 Å². The monoisotopic (exact) mass is 531 g/mol. The molecule has 0 saturated heterocycles. The highest BCUT2D eigenvalue weighted by molar-refractivity contribution is 6.32. The van der Waals surface area contributed by atoms with Gasteiger partial charge in [-0.1, -0.05) is 37.3 Å². The highest BCUT2D eigenvalue weighted by Gasteiger charge is 2.28. The summed E-state index contributed by atoms with van der Waals surface area (Å²) in [7, 11) is 1.45. The molecule has 1 fully saturated rings. The van der Waals surface area contributed by atoms with E-state index >= 15 is 8.78 Å². The first-order chi connectivity index (χ1) is 18.0. The number of hydrogen-bond acceptors (Lipinski definition) is 7. The van der Waals surface area contributed by atoms with Crippen LogP contribution in [0.2, 0.25) is 5.15 Å². The van der Waals surface area contributed by atoms with Crippen molar-refractivity contribution in [1.82, 2.24) is 25.3 Å². The molecule has 1 N–H and O–H groups in total. The lowest BCUT2D eigenvalue weighted by Gasteiger charge is -2.20. The Balaban J connectivity index is 1.66. The topological polar surface area (TPSA) is 99.1 Å². The van der Waals surface area contributed by atoms with Crippen LogP contribution in [0.3, 0.4) is 0 Å². The van der Waals surface area contributed by atoms with Gasteiger partial charge in [0.1, 0.15) is 28.2 Å². The highest BCUT2D eigenvalue weighted by atomic mass is 35.5. The lowest BCUT2D eigenvalue weighted by atomic mass is 9.90. The molecule has 0 aliphatic heterocycles. The molecule has 0 radical (unpaired) electrons. The minimum Gasteiger partial charge on any atom is -0.493 e. The Morgan fingerprint density at radius 2 is 1.78 bits per heavy atom. The van der Waals surface area contributed by atoms with Crippen LogP contribution in [0.25, 0.3) is 22.6 Å². The quantitative estimate of drug-likeness (QED) is 0.213. The molecule has 1 aromatic carbocycles. The molecule has 2 heterocycles. The largest absolute Gasteiger partial charge is 0.493 e. The predicted octanol–water partition coefficient (Wildman–Crippen LogP) is 6.09. The Hall–Kier alpha value is -3.40. The first-order valence-corrected chi connectivity index (χ1v) is 12.7. The molecule has 196 valence electrons. The SMILES string of the molecule is CNC(=O)OCCCOc1cc(F)c(-c2c(Cl)nc(-c3cnccn3)nc2C2CCCCCC2)c(F)c1. The van der Waals surface area contributed by atoms with Gasteiger partial charge < -0.3 is 14.8 Å². The Labute approximate surface area is 218 Å². The van der Waals surface area contributed by atoms with Crippen LogP contribution in [0.1, 0.15) is 56.6 Å². The van der Waals surface area contributed by atoms with E-state index in [1.165, 1.54) is 25.6 Å². The average molecular weight is 532 g/mol. The van der Waals surface area contributed by atoms with Crippen LogP contribution in [0.4, 0.5) is 13.6 Å². The van der Waals surface area contributed by atoms with Crippen molar-refractivity contribution in [3.05, 3.63) is 53.2 Å². The lowest BCUT2D eigenvalue weighted by molar-refractivity contribution is 0.140. The third kappa shape index (κ3) is 6.68. The van der Waals surface area contributed by atoms with Gasteiger partial charge in [-0.15, -0.1) is 0 Å². The zero-order valence-corrected chi connectivity index (χ0v) is 21.2. The highest BCUT2D eigenvalue weighted by Crippen LogP contribution is 2.42. The number of halogens is 3. The summed E-state index contributed by atoms with van der Waals surface area (Å²) in [5, 5.41) is 2.28. The van der Waals surface area contributed by atoms with Crippen molar-refractivity contribution in [3.63, 3.8) is 0 Å². The zero-order chi connectivity index (χ0) is 26.2. The number of benzene rings is 1. The van der Waals surface area contributed by atoms with Crippen LogP contribution >= 0.6 is 11.6 Å². The third-order valence-electron chi connectivity index (χ3n) is 6.19. The first-order valence-electron chi connectivity index (χ1n) is 12.3. The second kappa shape index (κ2) is 12.7. The second-order valence-electron chi connectivity index (χ2n) is 8.73. The predicted molar refractivity (Wildman–Crippen MR) is 134 cm³/mol. The van der Waals surface area contributed by atoms with Crippen molar-refractivity contribution in [2.24, 2.45) is 0 Å². The van der Waals surface area contributed by atoms with Gasteiger partial charge in [0.25, 0.3) is 0 Å². The fourth-order valence-corrected chi connectivity index (χ4v) is 4.69. The van der Waals surface area contributed by atoms with Crippen LogP contribution in [0, 0.1) is 11.6 Å². The van der Waals surface area contributed by atoms with Crippen LogP contribution in [-0.2, 0) is 4.74 Å². The average Bonchev–Trinajstić information content (AvgIpc) is 3.19. The molecule has 0 unspecified atom stereocenters. The van der Waals surface area contributed by atoms with Gasteiger partial charge in [-0.2, -0.15) is 0 Å². The number of hydrogen-bond donors (Lipinski definition) is 1. The minimum absolute atomic E-state index is 0.0166. The number of rotatable bonds is 8. The maximum absolute atomic E-state index is 15.4. The fourth-order valence-electron chi connectivity index (χ4n) is 4.42. The second-order valence-corrected chi connectivity index (χ2v) is 9.09. The van der Waals surface area contributed by atoms with Gasteiger partial charge in [0.05, 0.1) is 30.7 Å². The van der Waals surface area contributed by atoms with Gasteiger partial charge in [0, 0.05) is 49.5 Å². The van der Waals surface area contributed by atoms with E-state index in [0.717, 1.165) is 50.7 Å². The van der Waals surface area contributed by atoms with Crippen molar-refractivity contribution >= 4 is 17.7 Å². The summed E-state index contributed by atoms with van der Waals surface area (Å²) >= 11 is 6.61. The Morgan fingerprint density at radius 3 is 2.43 bits per heavy atom. The van der Waals surface area contributed by atoms with E-state index in [1.807, 2.05) is 0 Å². The summed E-state index contributed by atoms with van der Waals surface area (Å²) in [4.78, 5) is 28.5. The molecule has 0 atom stereocenters. The lowest BCUT2D eigenvalue weighted by Crippen LogP contribution is -2.20. The zero-order valence-electron chi connectivity index (χ0n) is 20.5. The number of carbonyl (C=O) groups excluding carboxylic acids is 1. The molecule has 11 heteroatoms. The third-order valence-corrected chi connectivity index (χ3v) is 6.46. The summed E-state index contributed by atoms with van der Waals surface area (Å²) in [5.74, 6) is -1.40. The molecule has 3 aromatic rings. The van der Waals surface area contributed by atoms with Gasteiger partial charge in [0.2, 0.25) is 0 Å². The smallest absolute Gasteiger partial charge is 0.406 e. The number of aromatic nitrogens is 4. The van der Waals surface area contributed by atoms with Crippen LogP contribution in [-0.4, -0.2) is 46.3 Å². The van der Waals surface area contributed by atoms with Crippen molar-refractivity contribution in [3.8, 4) is 28.4 Å². The first kappa shape index (κ1) is 26.7. The van der Waals surface area contributed by atoms with E-state index in [4.69, 9.17) is 26.1 Å². The molecule has 0 spiro atoms. The van der Waals surface area contributed by atoms with Crippen molar-refractivity contribution < 1.29 is 23.0 Å². The number of carbonyl (C=O) groups is 1. The molecule has 8 nitrogen and oxygen atoms in total. The molecule has 1 aliphatic carbocycles. The number of nitrogens with one attached hydrogen (secondary N) is 1. The normalized spacial score (nSPS) is 14.2. The maximum atomic E-state index is 15.4. The van der Waals surface area contributed by atoms with E-state index in [1.54, 1.807) is 0 Å². The van der Waals surface area contributed by atoms with Crippen molar-refractivity contribution in [1.29, 1.82) is 0 Å². The Bertz CT molecular complexity index is 1200. The van der Waals surface area contributed by atoms with Crippen LogP contribution in [0.15, 0.2) is 30.7 Å². The molecular formula is C26H28ClF2N5O3. The number of amides is 1. The fraction of sp³-hybridized carbons (Fsp3) is 0.423. The molecule has 1 saturated carbocycles. The summed E-state index contributed by atoms with van der Waals surface area (Å²) in [5.41, 5.74) is 0.809. The standard InChI is InChI=1S/C26H28ClF2N5O3/c1-30-26(35)37-12-6-11-36-17-13-18(28)21(19(29)14-17)22-23(16-7-4-2-3-5-8-16)33-25(34-24(22)27)20-15-31-9-10-32-20/h9-10,13-16H,2-8,11-12H2,1H3,(H,30,35). The van der Waals surface area contributed by atoms with E-state index in [0.29, 0.717) is 17.8 Å². The number of ether oxygens (including phenoxy) is 2. The van der Waals surface area contributed by atoms with Gasteiger partial charge in [-0.3, -0.25) is 4.98 Å². The molecule has 2 aromatic heterocycles. The molecule has 1 aliphatic rings. The van der Waals surface area contributed by atoms with Crippen molar-refractivity contribution in [2.45, 2.75) is 50.9 Å². The van der Waals surface area contributed by atoms with Crippen LogP contribution < -0.4 is 10.1 Å². The summed E-state index contributed by atoms with van der Waals surface area (Å²) in [6.45, 7) is 0.220. The van der Waals surface area contributed by atoms with Gasteiger partial charge in [0.15, 0.2) is 5.82 Å². The summed E-state index contributed by atoms with van der Waals surface area (Å²) in [6, 6.07) is 2.23.